The van der Waals surface area contributed by atoms with E-state index in [-0.39, 0.29) is 34.8 Å². The number of aliphatic carboxylic acids is 1. The molecular formula is C21H23FN6O2S. The fourth-order valence-electron chi connectivity index (χ4n) is 4.42. The highest BCUT2D eigenvalue weighted by atomic mass is 32.1. The summed E-state index contributed by atoms with van der Waals surface area (Å²) in [6.07, 6.45) is 7.24. The van der Waals surface area contributed by atoms with Gasteiger partial charge in [-0.15, -0.1) is 11.3 Å². The lowest BCUT2D eigenvalue weighted by Gasteiger charge is -2.40. The van der Waals surface area contributed by atoms with Crippen molar-refractivity contribution in [2.75, 3.05) is 5.73 Å². The summed E-state index contributed by atoms with van der Waals surface area (Å²) in [5, 5.41) is 18.2. The van der Waals surface area contributed by atoms with Gasteiger partial charge in [-0.25, -0.2) is 19.4 Å². The molecule has 2 bridgehead atoms. The number of rotatable bonds is 3. The molecule has 0 amide bonds. The van der Waals surface area contributed by atoms with Gasteiger partial charge < -0.3 is 16.6 Å². The number of hydrogen-bond acceptors (Lipinski definition) is 7. The maximum atomic E-state index is 14.0. The summed E-state index contributed by atoms with van der Waals surface area (Å²) in [4.78, 5) is 23.2. The van der Waals surface area contributed by atoms with E-state index in [4.69, 9.17) is 22.0 Å². The zero-order valence-electron chi connectivity index (χ0n) is 16.7. The summed E-state index contributed by atoms with van der Waals surface area (Å²) >= 11 is 1.34. The Morgan fingerprint density at radius 1 is 1.23 bits per heavy atom. The monoisotopic (exact) mass is 442 g/mol. The SMILES string of the molecule is N=C1N=CC(c2nc(N)c(F)c(-c3cccs3)n2)=C1N.O=C(O)C1CC2CCC1CC2. The molecule has 2 aromatic rings. The minimum absolute atomic E-state index is 0.00231. The topological polar surface area (TPSA) is 151 Å². The lowest BCUT2D eigenvalue weighted by atomic mass is 9.65. The highest BCUT2D eigenvalue weighted by Gasteiger charge is 2.39. The van der Waals surface area contributed by atoms with Crippen molar-refractivity contribution in [3.8, 4) is 10.6 Å². The van der Waals surface area contributed by atoms with Crippen LogP contribution >= 0.6 is 11.3 Å². The van der Waals surface area contributed by atoms with E-state index in [0.717, 1.165) is 12.3 Å². The van der Waals surface area contributed by atoms with Gasteiger partial charge in [0.15, 0.2) is 23.3 Å². The Bertz CT molecular complexity index is 1070. The largest absolute Gasteiger partial charge is 0.481 e. The zero-order valence-corrected chi connectivity index (χ0v) is 17.5. The molecule has 3 aliphatic carbocycles. The van der Waals surface area contributed by atoms with Crippen LogP contribution in [0, 0.1) is 29.0 Å². The smallest absolute Gasteiger partial charge is 0.306 e. The maximum absolute atomic E-state index is 14.0. The van der Waals surface area contributed by atoms with Gasteiger partial charge in [0.05, 0.1) is 22.1 Å². The second-order valence-electron chi connectivity index (χ2n) is 7.97. The van der Waals surface area contributed by atoms with Gasteiger partial charge in [-0.1, -0.05) is 18.9 Å². The molecule has 6 rings (SSSR count). The Labute approximate surface area is 182 Å². The third-order valence-corrected chi connectivity index (χ3v) is 6.98. The molecule has 1 unspecified atom stereocenters. The molecule has 162 valence electrons. The molecule has 31 heavy (non-hydrogen) atoms. The number of nitrogens with one attached hydrogen (secondary N) is 1. The molecule has 3 fully saturated rings. The van der Waals surface area contributed by atoms with Crippen LogP contribution in [-0.4, -0.2) is 33.1 Å². The van der Waals surface area contributed by atoms with Gasteiger partial charge in [0, 0.05) is 6.21 Å². The third-order valence-electron chi connectivity index (χ3n) is 6.11. The first kappa shape index (κ1) is 21.1. The molecule has 4 aliphatic rings. The lowest BCUT2D eigenvalue weighted by Crippen LogP contribution is -2.35. The predicted molar refractivity (Wildman–Crippen MR) is 118 cm³/mol. The van der Waals surface area contributed by atoms with Gasteiger partial charge in [-0.3, -0.25) is 10.2 Å². The van der Waals surface area contributed by atoms with E-state index in [2.05, 4.69) is 15.0 Å². The number of carbonyl (C=O) groups is 1. The van der Waals surface area contributed by atoms with Crippen LogP contribution in [0.3, 0.4) is 0 Å². The standard InChI is InChI=1S/C12H9FN6S.C9H14O2/c13-7-9(6-2-1-3-20-6)18-12(19-10(7)15)5-4-17-11(16)8(5)14;10-9(11)8-5-6-1-3-7(8)4-2-6/h1-4H,(H3,14,16,17)(H2,15,18,19);6-8H,1-5H2,(H,10,11). The maximum Gasteiger partial charge on any atom is 0.306 e. The number of thiophene rings is 1. The average Bonchev–Trinajstić information content (AvgIpc) is 3.42. The van der Waals surface area contributed by atoms with Gasteiger partial charge in [0.1, 0.15) is 5.69 Å². The Morgan fingerprint density at radius 2 is 1.97 bits per heavy atom. The molecule has 0 saturated heterocycles. The van der Waals surface area contributed by atoms with Gasteiger partial charge >= 0.3 is 5.97 Å². The normalized spacial score (nSPS) is 24.3. The number of allylic oxidation sites excluding steroid dienone is 1. The van der Waals surface area contributed by atoms with E-state index in [9.17, 15) is 9.18 Å². The first-order valence-corrected chi connectivity index (χ1v) is 11.0. The summed E-state index contributed by atoms with van der Waals surface area (Å²) in [6.45, 7) is 0. The minimum atomic E-state index is -0.666. The fraction of sp³-hybridized carbons (Fsp3) is 0.381. The number of anilines is 1. The number of nitrogens with zero attached hydrogens (tertiary/aromatic N) is 3. The van der Waals surface area contributed by atoms with E-state index in [0.29, 0.717) is 16.4 Å². The summed E-state index contributed by atoms with van der Waals surface area (Å²) in [7, 11) is 0. The number of aromatic nitrogens is 2. The number of carboxylic acid groups (broad SMARTS) is 1. The molecular weight excluding hydrogens is 419 g/mol. The Morgan fingerprint density at radius 3 is 2.45 bits per heavy atom. The summed E-state index contributed by atoms with van der Waals surface area (Å²) in [5.74, 6) is -0.133. The van der Waals surface area contributed by atoms with Crippen LogP contribution in [0.5, 0.6) is 0 Å². The zero-order chi connectivity index (χ0) is 22.1. The summed E-state index contributed by atoms with van der Waals surface area (Å²) in [5.41, 5.74) is 12.0. The second-order valence-corrected chi connectivity index (χ2v) is 8.92. The number of hydrogen-bond donors (Lipinski definition) is 4. The van der Waals surface area contributed by atoms with E-state index in [1.165, 1.54) is 43.2 Å². The minimum Gasteiger partial charge on any atom is -0.481 e. The first-order valence-electron chi connectivity index (χ1n) is 10.1. The Balaban J connectivity index is 0.000000177. The molecule has 6 N–H and O–H groups in total. The van der Waals surface area contributed by atoms with E-state index in [1.807, 2.05) is 5.38 Å². The van der Waals surface area contributed by atoms with Crippen LogP contribution < -0.4 is 11.5 Å². The van der Waals surface area contributed by atoms with Gasteiger partial charge in [-0.05, 0) is 42.5 Å². The van der Waals surface area contributed by atoms with Crippen molar-refractivity contribution >= 4 is 40.7 Å². The molecule has 3 saturated carbocycles. The molecule has 0 radical (unpaired) electrons. The molecule has 10 heteroatoms. The van der Waals surface area contributed by atoms with E-state index >= 15 is 0 Å². The highest BCUT2D eigenvalue weighted by Crippen LogP contribution is 2.44. The number of halogens is 1. The third kappa shape index (κ3) is 4.20. The van der Waals surface area contributed by atoms with Crippen molar-refractivity contribution in [2.45, 2.75) is 32.1 Å². The fourth-order valence-corrected chi connectivity index (χ4v) is 5.12. The van der Waals surface area contributed by atoms with Crippen LogP contribution in [0.1, 0.15) is 37.9 Å². The van der Waals surface area contributed by atoms with Crippen molar-refractivity contribution in [3.05, 3.63) is 34.9 Å². The van der Waals surface area contributed by atoms with Crippen molar-refractivity contribution in [2.24, 2.45) is 28.5 Å². The van der Waals surface area contributed by atoms with E-state index in [1.54, 1.807) is 12.1 Å². The molecule has 0 spiro atoms. The Kier molecular flexibility index (Phi) is 5.81. The van der Waals surface area contributed by atoms with E-state index < -0.39 is 11.8 Å². The van der Waals surface area contributed by atoms with Crippen LogP contribution in [0.4, 0.5) is 10.2 Å². The number of aliphatic imine (C=N–C) groups is 1. The van der Waals surface area contributed by atoms with Crippen LogP contribution in [0.25, 0.3) is 16.1 Å². The quantitative estimate of drug-likeness (QED) is 0.570. The van der Waals surface area contributed by atoms with Crippen LogP contribution in [0.2, 0.25) is 0 Å². The average molecular weight is 443 g/mol. The van der Waals surface area contributed by atoms with Gasteiger partial charge in [-0.2, -0.15) is 0 Å². The molecule has 0 aromatic carbocycles. The molecule has 8 nitrogen and oxygen atoms in total. The Hall–Kier alpha value is -3.14. The number of carboxylic acids is 1. The van der Waals surface area contributed by atoms with Crippen LogP contribution in [-0.2, 0) is 4.79 Å². The number of fused-ring (bicyclic) bond motifs is 3. The van der Waals surface area contributed by atoms with Gasteiger partial charge in [0.2, 0.25) is 0 Å². The van der Waals surface area contributed by atoms with Crippen molar-refractivity contribution in [1.82, 2.24) is 9.97 Å². The molecule has 1 atom stereocenters. The predicted octanol–water partition coefficient (Wildman–Crippen LogP) is 3.56. The summed E-state index contributed by atoms with van der Waals surface area (Å²) in [6, 6.07) is 3.53. The first-order chi connectivity index (χ1) is 14.8. The number of nitrogen functional groups attached to an aromatic ring is 1. The van der Waals surface area contributed by atoms with Crippen LogP contribution in [0.15, 0.2) is 28.2 Å². The lowest BCUT2D eigenvalue weighted by molar-refractivity contribution is -0.147. The number of amidine groups is 1. The molecule has 3 heterocycles. The van der Waals surface area contributed by atoms with Crippen molar-refractivity contribution in [3.63, 3.8) is 0 Å². The number of nitrogens with two attached hydrogens (primary N) is 2. The van der Waals surface area contributed by atoms with Crippen molar-refractivity contribution < 1.29 is 14.3 Å². The van der Waals surface area contributed by atoms with Gasteiger partial charge in [0.25, 0.3) is 0 Å². The molecule has 2 aromatic heterocycles. The highest BCUT2D eigenvalue weighted by molar-refractivity contribution is 7.13. The van der Waals surface area contributed by atoms with Crippen molar-refractivity contribution in [1.29, 1.82) is 5.41 Å². The summed E-state index contributed by atoms with van der Waals surface area (Å²) < 4.78 is 14.0. The second kappa shape index (κ2) is 8.54. The molecule has 1 aliphatic heterocycles.